The Hall–Kier alpha value is -2.63. The van der Waals surface area contributed by atoms with E-state index in [2.05, 4.69) is 4.74 Å². The molecule has 0 aliphatic heterocycles. The van der Waals surface area contributed by atoms with Crippen LogP contribution in [0, 0.1) is 5.92 Å². The zero-order chi connectivity index (χ0) is 17.8. The van der Waals surface area contributed by atoms with Crippen LogP contribution in [0.1, 0.15) is 24.0 Å². The van der Waals surface area contributed by atoms with E-state index in [1.165, 1.54) is 16.7 Å². The highest BCUT2D eigenvalue weighted by Gasteiger charge is 2.23. The first-order valence-electron chi connectivity index (χ1n) is 8.08. The van der Waals surface area contributed by atoms with Crippen LogP contribution in [-0.4, -0.2) is 17.8 Å². The number of halogens is 2. The minimum Gasteiger partial charge on any atom is -0.489 e. The molecule has 132 valence electrons. The predicted molar refractivity (Wildman–Crippen MR) is 91.9 cm³/mol. The van der Waals surface area contributed by atoms with Gasteiger partial charge in [-0.05, 0) is 48.1 Å². The van der Waals surface area contributed by atoms with Crippen molar-refractivity contribution in [2.24, 2.45) is 13.0 Å². The van der Waals surface area contributed by atoms with Crippen LogP contribution in [0.25, 0.3) is 12.2 Å². The molecule has 0 saturated heterocycles. The molecule has 2 aromatic rings. The molecule has 1 aromatic heterocycles. The van der Waals surface area contributed by atoms with Crippen molar-refractivity contribution in [2.75, 3.05) is 6.61 Å². The Morgan fingerprint density at radius 1 is 1.16 bits per heavy atom. The van der Waals surface area contributed by atoms with Gasteiger partial charge in [-0.2, -0.15) is 8.78 Å². The predicted octanol–water partition coefficient (Wildman–Crippen LogP) is 3.95. The topological polar surface area (TPSA) is 40.5 Å². The highest BCUT2D eigenvalue weighted by molar-refractivity contribution is 5.70. The van der Waals surface area contributed by atoms with Gasteiger partial charge in [0.1, 0.15) is 0 Å². The molecule has 0 unspecified atom stereocenters. The number of nitrogens with zero attached hydrogens (tertiary/aromatic N) is 1. The number of hydrogen-bond donors (Lipinski definition) is 0. The van der Waals surface area contributed by atoms with Gasteiger partial charge in [0, 0.05) is 19.3 Å². The summed E-state index contributed by atoms with van der Waals surface area (Å²) in [5, 5.41) is 0. The maximum atomic E-state index is 12.5. The lowest BCUT2D eigenvalue weighted by Gasteiger charge is -2.12. The highest BCUT2D eigenvalue weighted by Crippen LogP contribution is 2.34. The lowest BCUT2D eigenvalue weighted by Crippen LogP contribution is -2.13. The number of alkyl halides is 2. The first-order valence-corrected chi connectivity index (χ1v) is 8.08. The van der Waals surface area contributed by atoms with Crippen LogP contribution >= 0.6 is 0 Å². The van der Waals surface area contributed by atoms with Gasteiger partial charge in [0.15, 0.2) is 11.5 Å². The number of aryl methyl sites for hydroxylation is 1. The van der Waals surface area contributed by atoms with Gasteiger partial charge in [0.25, 0.3) is 0 Å². The molecule has 1 aliphatic rings. The van der Waals surface area contributed by atoms with Crippen LogP contribution < -0.4 is 15.0 Å². The summed E-state index contributed by atoms with van der Waals surface area (Å²) < 4.78 is 36.7. The van der Waals surface area contributed by atoms with Gasteiger partial charge in [0.05, 0.1) is 6.61 Å². The lowest BCUT2D eigenvalue weighted by molar-refractivity contribution is -0.0515. The maximum absolute atomic E-state index is 12.5. The summed E-state index contributed by atoms with van der Waals surface area (Å²) in [5.41, 5.74) is 1.57. The summed E-state index contributed by atoms with van der Waals surface area (Å²) in [6.07, 6.45) is 7.61. The van der Waals surface area contributed by atoms with E-state index >= 15 is 0 Å². The van der Waals surface area contributed by atoms with Crippen molar-refractivity contribution < 1.29 is 18.3 Å². The highest BCUT2D eigenvalue weighted by atomic mass is 19.3. The van der Waals surface area contributed by atoms with Gasteiger partial charge in [-0.25, -0.2) is 0 Å². The average Bonchev–Trinajstić information content (AvgIpc) is 3.39. The van der Waals surface area contributed by atoms with Crippen LogP contribution in [-0.2, 0) is 7.05 Å². The van der Waals surface area contributed by atoms with Crippen LogP contribution in [0.2, 0.25) is 0 Å². The molecule has 3 rings (SSSR count). The number of hydrogen-bond acceptors (Lipinski definition) is 3. The quantitative estimate of drug-likeness (QED) is 0.762. The van der Waals surface area contributed by atoms with Crippen molar-refractivity contribution >= 4 is 12.2 Å². The third kappa shape index (κ3) is 4.92. The van der Waals surface area contributed by atoms with E-state index in [0.717, 1.165) is 24.0 Å². The summed E-state index contributed by atoms with van der Waals surface area (Å²) in [5.74, 6) is 0.855. The minimum atomic E-state index is -2.89. The minimum absolute atomic E-state index is 0.0370. The fraction of sp³-hybridized carbons (Fsp3) is 0.316. The third-order valence-corrected chi connectivity index (χ3v) is 3.93. The average molecular weight is 347 g/mol. The molecule has 1 heterocycles. The van der Waals surface area contributed by atoms with Gasteiger partial charge in [-0.15, -0.1) is 0 Å². The van der Waals surface area contributed by atoms with E-state index < -0.39 is 6.61 Å². The Morgan fingerprint density at radius 3 is 2.56 bits per heavy atom. The summed E-state index contributed by atoms with van der Waals surface area (Å²) in [6, 6.07) is 8.05. The van der Waals surface area contributed by atoms with Crippen molar-refractivity contribution in [3.05, 3.63) is 58.0 Å². The van der Waals surface area contributed by atoms with Gasteiger partial charge in [-0.3, -0.25) is 4.79 Å². The second-order valence-corrected chi connectivity index (χ2v) is 6.08. The Bertz CT molecular complexity index is 826. The Morgan fingerprint density at radius 2 is 1.88 bits per heavy atom. The summed E-state index contributed by atoms with van der Waals surface area (Å²) in [7, 11) is 1.68. The molecule has 4 nitrogen and oxygen atoms in total. The number of aromatic nitrogens is 1. The Balaban J connectivity index is 1.79. The van der Waals surface area contributed by atoms with Crippen LogP contribution in [0.15, 0.2) is 41.3 Å². The van der Waals surface area contributed by atoms with Gasteiger partial charge < -0.3 is 14.0 Å². The van der Waals surface area contributed by atoms with E-state index in [1.807, 2.05) is 12.2 Å². The number of ether oxygens (including phenoxy) is 2. The van der Waals surface area contributed by atoms with E-state index in [4.69, 9.17) is 4.74 Å². The fourth-order valence-electron chi connectivity index (χ4n) is 2.33. The number of benzene rings is 1. The Kier molecular flexibility index (Phi) is 5.16. The van der Waals surface area contributed by atoms with Crippen molar-refractivity contribution in [1.29, 1.82) is 0 Å². The molecule has 6 heteroatoms. The zero-order valence-electron chi connectivity index (χ0n) is 13.8. The first kappa shape index (κ1) is 17.2. The maximum Gasteiger partial charge on any atom is 0.387 e. The molecule has 0 N–H and O–H groups in total. The molecule has 0 amide bonds. The molecule has 25 heavy (non-hydrogen) atoms. The molecule has 1 aliphatic carbocycles. The normalized spacial score (nSPS) is 14.2. The molecule has 1 saturated carbocycles. The standard InChI is InChI=1S/C19H19F2NO3/c1-22-11-14(7-9-18(22)23)3-2-13-6-8-16(25-19(20)21)17(10-13)24-12-15-4-5-15/h2-3,6-11,15,19H,4-5,12H2,1H3. The van der Waals surface area contributed by atoms with Crippen LogP contribution in [0.3, 0.4) is 0 Å². The lowest BCUT2D eigenvalue weighted by atomic mass is 10.1. The van der Waals surface area contributed by atoms with Crippen molar-refractivity contribution in [3.63, 3.8) is 0 Å². The van der Waals surface area contributed by atoms with Gasteiger partial charge in [-0.1, -0.05) is 18.2 Å². The molecule has 0 atom stereocenters. The Labute approximate surface area is 144 Å². The SMILES string of the molecule is Cn1cc(C=Cc2ccc(OC(F)F)c(OCC3CC3)c2)ccc1=O. The zero-order valence-corrected chi connectivity index (χ0v) is 13.8. The first-order chi connectivity index (χ1) is 12.0. The van der Waals surface area contributed by atoms with Crippen LogP contribution in [0.5, 0.6) is 11.5 Å². The third-order valence-electron chi connectivity index (χ3n) is 3.93. The van der Waals surface area contributed by atoms with E-state index in [1.54, 1.807) is 31.4 Å². The van der Waals surface area contributed by atoms with E-state index in [-0.39, 0.29) is 11.3 Å². The van der Waals surface area contributed by atoms with E-state index in [0.29, 0.717) is 18.3 Å². The molecule has 1 fully saturated rings. The fourth-order valence-corrected chi connectivity index (χ4v) is 2.33. The van der Waals surface area contributed by atoms with Crippen LogP contribution in [0.4, 0.5) is 8.78 Å². The van der Waals surface area contributed by atoms with Crippen molar-refractivity contribution in [1.82, 2.24) is 4.57 Å². The summed E-state index contributed by atoms with van der Waals surface area (Å²) in [6.45, 7) is -2.39. The summed E-state index contributed by atoms with van der Waals surface area (Å²) >= 11 is 0. The smallest absolute Gasteiger partial charge is 0.387 e. The molecule has 0 radical (unpaired) electrons. The van der Waals surface area contributed by atoms with E-state index in [9.17, 15) is 13.6 Å². The molecule has 0 spiro atoms. The van der Waals surface area contributed by atoms with Gasteiger partial charge >= 0.3 is 6.61 Å². The molecular formula is C19H19F2NO3. The molecule has 0 bridgehead atoms. The number of rotatable bonds is 7. The monoisotopic (exact) mass is 347 g/mol. The van der Waals surface area contributed by atoms with Crippen molar-refractivity contribution in [3.8, 4) is 11.5 Å². The second-order valence-electron chi connectivity index (χ2n) is 6.08. The second kappa shape index (κ2) is 7.51. The van der Waals surface area contributed by atoms with Crippen molar-refractivity contribution in [2.45, 2.75) is 19.5 Å². The molecular weight excluding hydrogens is 328 g/mol. The number of pyridine rings is 1. The molecule has 1 aromatic carbocycles. The van der Waals surface area contributed by atoms with Gasteiger partial charge in [0.2, 0.25) is 5.56 Å². The largest absolute Gasteiger partial charge is 0.489 e. The summed E-state index contributed by atoms with van der Waals surface area (Å²) in [4.78, 5) is 11.4.